The average Bonchev–Trinajstić information content (AvgIpc) is 2.65. The van der Waals surface area contributed by atoms with Crippen LogP contribution in [0.4, 0.5) is 5.69 Å². The third-order valence-electron chi connectivity index (χ3n) is 3.60. The van der Waals surface area contributed by atoms with Crippen molar-refractivity contribution < 1.29 is 19.0 Å². The molecular weight excluding hydrogens is 330 g/mol. The molecule has 0 heterocycles. The lowest BCUT2D eigenvalue weighted by Crippen LogP contribution is -2.12. The van der Waals surface area contributed by atoms with Crippen LogP contribution in [-0.2, 0) is 4.79 Å². The Labute approximate surface area is 155 Å². The normalized spacial score (nSPS) is 10.5. The van der Waals surface area contributed by atoms with Crippen LogP contribution in [0.1, 0.15) is 26.7 Å². The molecular formula is C21H27NO4. The first-order valence-corrected chi connectivity index (χ1v) is 8.86. The summed E-state index contributed by atoms with van der Waals surface area (Å²) in [5.41, 5.74) is 0.767. The van der Waals surface area contributed by atoms with Gasteiger partial charge in [0.1, 0.15) is 17.2 Å². The third-order valence-corrected chi connectivity index (χ3v) is 3.60. The minimum atomic E-state index is -0.0285. The molecule has 0 spiro atoms. The lowest BCUT2D eigenvalue weighted by molar-refractivity contribution is -0.116. The second kappa shape index (κ2) is 10.3. The first kappa shape index (κ1) is 19.6. The maximum atomic E-state index is 12.0. The van der Waals surface area contributed by atoms with Crippen molar-refractivity contribution in [1.29, 1.82) is 0 Å². The molecule has 0 aliphatic carbocycles. The van der Waals surface area contributed by atoms with Crippen molar-refractivity contribution in [1.82, 2.24) is 0 Å². The third kappa shape index (κ3) is 7.05. The van der Waals surface area contributed by atoms with E-state index in [-0.39, 0.29) is 5.91 Å². The Morgan fingerprint density at radius 2 is 1.50 bits per heavy atom. The number of carbonyl (C=O) groups excluding carboxylic acids is 1. The molecule has 1 N–H and O–H groups in total. The number of carbonyl (C=O) groups is 1. The molecule has 0 radical (unpaired) electrons. The van der Waals surface area contributed by atoms with Crippen LogP contribution in [0, 0.1) is 5.92 Å². The zero-order chi connectivity index (χ0) is 18.8. The fourth-order valence-electron chi connectivity index (χ4n) is 2.22. The smallest absolute Gasteiger partial charge is 0.224 e. The van der Waals surface area contributed by atoms with Crippen LogP contribution in [0.25, 0.3) is 0 Å². The van der Waals surface area contributed by atoms with Crippen LogP contribution in [-0.4, -0.2) is 26.2 Å². The van der Waals surface area contributed by atoms with Crippen molar-refractivity contribution in [2.45, 2.75) is 26.7 Å². The monoisotopic (exact) mass is 357 g/mol. The van der Waals surface area contributed by atoms with Crippen molar-refractivity contribution in [2.24, 2.45) is 5.92 Å². The van der Waals surface area contributed by atoms with Crippen LogP contribution < -0.4 is 19.5 Å². The molecule has 2 rings (SSSR count). The highest BCUT2D eigenvalue weighted by atomic mass is 16.5. The van der Waals surface area contributed by atoms with Gasteiger partial charge in [-0.25, -0.2) is 0 Å². The Kier molecular flexibility index (Phi) is 7.80. The predicted octanol–water partition coefficient (Wildman–Crippen LogP) is 4.53. The highest BCUT2D eigenvalue weighted by molar-refractivity contribution is 5.90. The molecule has 2 aromatic carbocycles. The Morgan fingerprint density at radius 1 is 0.923 bits per heavy atom. The van der Waals surface area contributed by atoms with E-state index in [2.05, 4.69) is 19.2 Å². The summed E-state index contributed by atoms with van der Waals surface area (Å²) in [4.78, 5) is 12.0. The van der Waals surface area contributed by atoms with Crippen LogP contribution >= 0.6 is 0 Å². The van der Waals surface area contributed by atoms with Crippen LogP contribution in [0.15, 0.2) is 48.5 Å². The van der Waals surface area contributed by atoms with Gasteiger partial charge in [0, 0.05) is 12.1 Å². The summed E-state index contributed by atoms with van der Waals surface area (Å²) in [7, 11) is 1.63. The quantitative estimate of drug-likeness (QED) is 0.635. The predicted molar refractivity (Wildman–Crippen MR) is 103 cm³/mol. The van der Waals surface area contributed by atoms with E-state index in [1.807, 2.05) is 48.5 Å². The molecule has 0 fully saturated rings. The van der Waals surface area contributed by atoms with Gasteiger partial charge in [0.25, 0.3) is 0 Å². The Bertz CT molecular complexity index is 665. The van der Waals surface area contributed by atoms with Gasteiger partial charge in [-0.1, -0.05) is 13.8 Å². The molecule has 0 saturated heterocycles. The lowest BCUT2D eigenvalue weighted by atomic mass is 10.2. The van der Waals surface area contributed by atoms with Gasteiger partial charge in [0.05, 0.1) is 20.3 Å². The number of anilines is 1. The molecule has 26 heavy (non-hydrogen) atoms. The zero-order valence-electron chi connectivity index (χ0n) is 15.7. The number of rotatable bonds is 10. The molecule has 0 aliphatic heterocycles. The van der Waals surface area contributed by atoms with Gasteiger partial charge in [0.15, 0.2) is 0 Å². The molecule has 140 valence electrons. The van der Waals surface area contributed by atoms with E-state index in [1.54, 1.807) is 7.11 Å². The first-order chi connectivity index (χ1) is 12.6. The summed E-state index contributed by atoms with van der Waals surface area (Å²) in [5.74, 6) is 2.82. The Hall–Kier alpha value is -2.69. The highest BCUT2D eigenvalue weighted by Crippen LogP contribution is 2.18. The SMILES string of the molecule is COc1ccc(OCCCC(=O)Nc2ccc(OCC(C)C)cc2)cc1. The first-order valence-electron chi connectivity index (χ1n) is 8.86. The number of nitrogens with one attached hydrogen (secondary N) is 1. The summed E-state index contributed by atoms with van der Waals surface area (Å²) in [6, 6.07) is 14.8. The molecule has 5 nitrogen and oxygen atoms in total. The van der Waals surface area contributed by atoms with Gasteiger partial charge < -0.3 is 19.5 Å². The van der Waals surface area contributed by atoms with E-state index < -0.39 is 0 Å². The van der Waals surface area contributed by atoms with Gasteiger partial charge in [0.2, 0.25) is 5.91 Å². The van der Waals surface area contributed by atoms with Crippen molar-refractivity contribution >= 4 is 11.6 Å². The van der Waals surface area contributed by atoms with Gasteiger partial charge in [-0.3, -0.25) is 4.79 Å². The molecule has 0 unspecified atom stereocenters. The minimum Gasteiger partial charge on any atom is -0.497 e. The van der Waals surface area contributed by atoms with Gasteiger partial charge in [-0.15, -0.1) is 0 Å². The zero-order valence-corrected chi connectivity index (χ0v) is 15.7. The maximum Gasteiger partial charge on any atom is 0.224 e. The van der Waals surface area contributed by atoms with Crippen LogP contribution in [0.3, 0.4) is 0 Å². The average molecular weight is 357 g/mol. The number of hydrogen-bond donors (Lipinski definition) is 1. The largest absolute Gasteiger partial charge is 0.497 e. The van der Waals surface area contributed by atoms with E-state index in [0.29, 0.717) is 32.0 Å². The second-order valence-corrected chi connectivity index (χ2v) is 6.40. The molecule has 0 bridgehead atoms. The van der Waals surface area contributed by atoms with E-state index in [9.17, 15) is 4.79 Å². The lowest BCUT2D eigenvalue weighted by Gasteiger charge is -2.10. The van der Waals surface area contributed by atoms with Crippen molar-refractivity contribution in [2.75, 3.05) is 25.6 Å². The molecule has 5 heteroatoms. The fraction of sp³-hybridized carbons (Fsp3) is 0.381. The van der Waals surface area contributed by atoms with E-state index >= 15 is 0 Å². The molecule has 0 aromatic heterocycles. The molecule has 0 atom stereocenters. The van der Waals surface area contributed by atoms with E-state index in [0.717, 1.165) is 22.9 Å². The molecule has 2 aromatic rings. The highest BCUT2D eigenvalue weighted by Gasteiger charge is 2.04. The topological polar surface area (TPSA) is 56.8 Å². The second-order valence-electron chi connectivity index (χ2n) is 6.40. The van der Waals surface area contributed by atoms with Crippen molar-refractivity contribution in [3.8, 4) is 17.2 Å². The number of benzene rings is 2. The molecule has 0 aliphatic rings. The van der Waals surface area contributed by atoms with E-state index in [4.69, 9.17) is 14.2 Å². The standard InChI is InChI=1S/C21H27NO4/c1-16(2)15-26-20-8-6-17(7-9-20)22-21(23)5-4-14-25-19-12-10-18(24-3)11-13-19/h6-13,16H,4-5,14-15H2,1-3H3,(H,22,23). The summed E-state index contributed by atoms with van der Waals surface area (Å²) < 4.78 is 16.3. The number of amides is 1. The Morgan fingerprint density at radius 3 is 2.12 bits per heavy atom. The summed E-state index contributed by atoms with van der Waals surface area (Å²) >= 11 is 0. The molecule has 1 amide bonds. The van der Waals surface area contributed by atoms with Gasteiger partial charge >= 0.3 is 0 Å². The van der Waals surface area contributed by atoms with Crippen molar-refractivity contribution in [3.05, 3.63) is 48.5 Å². The summed E-state index contributed by atoms with van der Waals surface area (Å²) in [6.07, 6.45) is 1.05. The van der Waals surface area contributed by atoms with Crippen LogP contribution in [0.2, 0.25) is 0 Å². The van der Waals surface area contributed by atoms with Gasteiger partial charge in [-0.05, 0) is 60.9 Å². The van der Waals surface area contributed by atoms with Gasteiger partial charge in [-0.2, -0.15) is 0 Å². The number of ether oxygens (including phenoxy) is 3. The van der Waals surface area contributed by atoms with Crippen LogP contribution in [0.5, 0.6) is 17.2 Å². The number of hydrogen-bond acceptors (Lipinski definition) is 4. The minimum absolute atomic E-state index is 0.0285. The summed E-state index contributed by atoms with van der Waals surface area (Å²) in [5, 5.41) is 2.88. The Balaban J connectivity index is 1.66. The number of methoxy groups -OCH3 is 1. The van der Waals surface area contributed by atoms with Crippen molar-refractivity contribution in [3.63, 3.8) is 0 Å². The molecule has 0 saturated carbocycles. The summed E-state index contributed by atoms with van der Waals surface area (Å²) in [6.45, 7) is 5.38. The fourth-order valence-corrected chi connectivity index (χ4v) is 2.22. The van der Waals surface area contributed by atoms with E-state index in [1.165, 1.54) is 0 Å². The maximum absolute atomic E-state index is 12.0.